The number of rotatable bonds is 10. The molecule has 0 aliphatic carbocycles. The van der Waals surface area contributed by atoms with Crippen molar-refractivity contribution in [3.8, 4) is 0 Å². The van der Waals surface area contributed by atoms with E-state index in [0.29, 0.717) is 19.6 Å². The average Bonchev–Trinajstić information content (AvgIpc) is 3.15. The van der Waals surface area contributed by atoms with Gasteiger partial charge in [0.05, 0.1) is 0 Å². The molecule has 0 spiro atoms. The molecule has 1 aromatic heterocycles. The van der Waals surface area contributed by atoms with Crippen molar-refractivity contribution in [2.24, 2.45) is 11.7 Å². The van der Waals surface area contributed by atoms with Gasteiger partial charge in [0.1, 0.15) is 30.2 Å². The minimum absolute atomic E-state index is 0.0993. The zero-order valence-electron chi connectivity index (χ0n) is 15.4. The Morgan fingerprint density at radius 1 is 1.27 bits per heavy atom. The van der Waals surface area contributed by atoms with Gasteiger partial charge in [-0.15, -0.1) is 0 Å². The van der Waals surface area contributed by atoms with E-state index in [1.165, 1.54) is 29.5 Å². The smallest absolute Gasteiger partial charge is 0.157 e. The standard InChI is InChI=1S/C18H27FN4O3/c1-4-25-16(26-5-2)10-13(3)18(24,14-8-6-7-9-15(14)19)17(20)23-12-21-11-22-23/h6-9,11-13,16-17,24H,4-5,10,20H2,1-3H3/t13-,17?,18-/m1/s1. The van der Waals surface area contributed by atoms with Crippen LogP contribution < -0.4 is 5.73 Å². The Labute approximate surface area is 152 Å². The third-order valence-electron chi connectivity index (χ3n) is 4.48. The molecule has 1 unspecified atom stereocenters. The van der Waals surface area contributed by atoms with E-state index in [1.54, 1.807) is 19.1 Å². The van der Waals surface area contributed by atoms with Crippen molar-refractivity contribution < 1.29 is 19.0 Å². The van der Waals surface area contributed by atoms with Crippen molar-refractivity contribution in [1.29, 1.82) is 0 Å². The Hall–Kier alpha value is -1.87. The van der Waals surface area contributed by atoms with Gasteiger partial charge in [0.2, 0.25) is 0 Å². The second-order valence-corrected chi connectivity index (χ2v) is 6.10. The maximum Gasteiger partial charge on any atom is 0.157 e. The lowest BCUT2D eigenvalue weighted by atomic mass is 9.77. The molecule has 0 aliphatic rings. The van der Waals surface area contributed by atoms with Gasteiger partial charge in [0.15, 0.2) is 6.29 Å². The fourth-order valence-corrected chi connectivity index (χ4v) is 3.09. The number of aromatic nitrogens is 3. The highest BCUT2D eigenvalue weighted by Gasteiger charge is 2.45. The van der Waals surface area contributed by atoms with Crippen molar-refractivity contribution in [3.05, 3.63) is 48.3 Å². The summed E-state index contributed by atoms with van der Waals surface area (Å²) in [6.07, 6.45) is 1.47. The first-order valence-electron chi connectivity index (χ1n) is 8.75. The Kier molecular flexibility index (Phi) is 7.22. The number of hydrogen-bond donors (Lipinski definition) is 2. The first-order valence-corrected chi connectivity index (χ1v) is 8.75. The van der Waals surface area contributed by atoms with E-state index in [4.69, 9.17) is 15.2 Å². The molecule has 2 aromatic rings. The third kappa shape index (κ3) is 4.27. The fourth-order valence-electron chi connectivity index (χ4n) is 3.09. The molecule has 0 aliphatic heterocycles. The largest absolute Gasteiger partial charge is 0.381 e. The van der Waals surface area contributed by atoms with Crippen LogP contribution in [-0.4, -0.2) is 39.4 Å². The molecule has 3 atom stereocenters. The highest BCUT2D eigenvalue weighted by Crippen LogP contribution is 2.40. The van der Waals surface area contributed by atoms with Crippen molar-refractivity contribution in [2.45, 2.75) is 45.2 Å². The molecular formula is C18H27FN4O3. The van der Waals surface area contributed by atoms with E-state index in [0.717, 1.165) is 0 Å². The van der Waals surface area contributed by atoms with Crippen molar-refractivity contribution in [2.75, 3.05) is 13.2 Å². The molecule has 0 radical (unpaired) electrons. The van der Waals surface area contributed by atoms with Crippen LogP contribution in [0.3, 0.4) is 0 Å². The molecule has 0 saturated heterocycles. The quantitative estimate of drug-likeness (QED) is 0.626. The van der Waals surface area contributed by atoms with E-state index < -0.39 is 29.8 Å². The molecule has 0 saturated carbocycles. The zero-order valence-corrected chi connectivity index (χ0v) is 15.4. The number of nitrogens with zero attached hydrogens (tertiary/aromatic N) is 3. The van der Waals surface area contributed by atoms with Crippen LogP contribution in [0.1, 0.15) is 38.9 Å². The minimum atomic E-state index is -1.74. The van der Waals surface area contributed by atoms with Gasteiger partial charge in [-0.2, -0.15) is 5.10 Å². The average molecular weight is 366 g/mol. The monoisotopic (exact) mass is 366 g/mol. The second-order valence-electron chi connectivity index (χ2n) is 6.10. The van der Waals surface area contributed by atoms with Crippen LogP contribution in [0.25, 0.3) is 0 Å². The van der Waals surface area contributed by atoms with Crippen LogP contribution in [0.5, 0.6) is 0 Å². The normalized spacial score (nSPS) is 16.4. The van der Waals surface area contributed by atoms with E-state index in [1.807, 2.05) is 13.8 Å². The number of ether oxygens (including phenoxy) is 2. The zero-order chi connectivity index (χ0) is 19.2. The predicted molar refractivity (Wildman–Crippen MR) is 94.4 cm³/mol. The van der Waals surface area contributed by atoms with E-state index >= 15 is 0 Å². The van der Waals surface area contributed by atoms with Gasteiger partial charge in [-0.1, -0.05) is 25.1 Å². The lowest BCUT2D eigenvalue weighted by Crippen LogP contribution is -2.48. The molecule has 144 valence electrons. The molecule has 8 heteroatoms. The number of nitrogens with two attached hydrogens (primary N) is 1. The summed E-state index contributed by atoms with van der Waals surface area (Å²) < 4.78 is 27.0. The number of halogens is 1. The second kappa shape index (κ2) is 9.18. The minimum Gasteiger partial charge on any atom is -0.381 e. The number of hydrogen-bond acceptors (Lipinski definition) is 6. The Morgan fingerprint density at radius 3 is 2.46 bits per heavy atom. The number of aliphatic hydroxyl groups is 1. The Morgan fingerprint density at radius 2 is 1.92 bits per heavy atom. The molecule has 0 bridgehead atoms. The van der Waals surface area contributed by atoms with Crippen molar-refractivity contribution >= 4 is 0 Å². The molecule has 1 heterocycles. The molecule has 0 fully saturated rings. The van der Waals surface area contributed by atoms with E-state index in [-0.39, 0.29) is 5.56 Å². The fraction of sp³-hybridized carbons (Fsp3) is 0.556. The molecule has 2 rings (SSSR count). The van der Waals surface area contributed by atoms with Gasteiger partial charge in [0, 0.05) is 25.2 Å². The van der Waals surface area contributed by atoms with Gasteiger partial charge in [-0.25, -0.2) is 14.1 Å². The Balaban J connectivity index is 2.41. The van der Waals surface area contributed by atoms with Gasteiger partial charge in [-0.05, 0) is 25.8 Å². The van der Waals surface area contributed by atoms with Crippen LogP contribution in [0, 0.1) is 11.7 Å². The SMILES string of the molecule is CCOC(C[C@@H](C)[C@@](O)(c1ccccc1F)C(N)n1cncn1)OCC. The van der Waals surface area contributed by atoms with Gasteiger partial charge < -0.3 is 20.3 Å². The van der Waals surface area contributed by atoms with E-state index in [9.17, 15) is 9.50 Å². The molecule has 3 N–H and O–H groups in total. The molecule has 26 heavy (non-hydrogen) atoms. The van der Waals surface area contributed by atoms with Gasteiger partial charge in [0.25, 0.3) is 0 Å². The van der Waals surface area contributed by atoms with Crippen LogP contribution in [0.4, 0.5) is 4.39 Å². The summed E-state index contributed by atoms with van der Waals surface area (Å²) in [5, 5.41) is 15.6. The lowest BCUT2D eigenvalue weighted by molar-refractivity contribution is -0.167. The number of benzene rings is 1. The summed E-state index contributed by atoms with van der Waals surface area (Å²) in [6.45, 7) is 6.44. The first-order chi connectivity index (χ1) is 12.4. The highest BCUT2D eigenvalue weighted by molar-refractivity contribution is 5.26. The van der Waals surface area contributed by atoms with Gasteiger partial charge in [-0.3, -0.25) is 0 Å². The van der Waals surface area contributed by atoms with Crippen LogP contribution in [0.15, 0.2) is 36.9 Å². The molecular weight excluding hydrogens is 339 g/mol. The lowest BCUT2D eigenvalue weighted by Gasteiger charge is -2.40. The third-order valence-corrected chi connectivity index (χ3v) is 4.48. The summed E-state index contributed by atoms with van der Waals surface area (Å²) in [6, 6.07) is 6.05. The maximum atomic E-state index is 14.6. The Bertz CT molecular complexity index is 664. The predicted octanol–water partition coefficient (Wildman–Crippen LogP) is 2.19. The van der Waals surface area contributed by atoms with Crippen molar-refractivity contribution in [3.63, 3.8) is 0 Å². The highest BCUT2D eigenvalue weighted by atomic mass is 19.1. The molecule has 1 aromatic carbocycles. The summed E-state index contributed by atoms with van der Waals surface area (Å²) in [5.74, 6) is -1.04. The van der Waals surface area contributed by atoms with E-state index in [2.05, 4.69) is 10.1 Å². The maximum absolute atomic E-state index is 14.6. The van der Waals surface area contributed by atoms with Crippen LogP contribution in [-0.2, 0) is 15.1 Å². The van der Waals surface area contributed by atoms with Crippen LogP contribution >= 0.6 is 0 Å². The van der Waals surface area contributed by atoms with Crippen molar-refractivity contribution in [1.82, 2.24) is 14.8 Å². The molecule has 0 amide bonds. The van der Waals surface area contributed by atoms with Gasteiger partial charge >= 0.3 is 0 Å². The molecule has 7 nitrogen and oxygen atoms in total. The summed E-state index contributed by atoms with van der Waals surface area (Å²) >= 11 is 0. The first kappa shape index (κ1) is 20.4. The van der Waals surface area contributed by atoms with Crippen LogP contribution in [0.2, 0.25) is 0 Å². The summed E-state index contributed by atoms with van der Waals surface area (Å²) in [4.78, 5) is 3.87. The summed E-state index contributed by atoms with van der Waals surface area (Å²) in [5.41, 5.74) is 4.66. The summed E-state index contributed by atoms with van der Waals surface area (Å²) in [7, 11) is 0. The topological polar surface area (TPSA) is 95.4 Å².